The summed E-state index contributed by atoms with van der Waals surface area (Å²) in [5.74, 6) is 1.76. The molecular weight excluding hydrogens is 300 g/mol. The number of nitrogens with one attached hydrogen (secondary N) is 2. The van der Waals surface area contributed by atoms with Crippen LogP contribution in [0.25, 0.3) is 0 Å². The molecule has 0 unspecified atom stereocenters. The standard InChI is InChI=1S/C19H32N4O/c1-16-8-9-17(18(14-16)24-3)15-22-19(20-2)21-10-13-23-11-6-4-5-7-12-23/h8-9,14H,4-7,10-13,15H2,1-3H3,(H2,20,21,22). The molecule has 5 heteroatoms. The fourth-order valence-corrected chi connectivity index (χ4v) is 3.09. The molecule has 24 heavy (non-hydrogen) atoms. The first-order valence-corrected chi connectivity index (χ1v) is 9.03. The van der Waals surface area contributed by atoms with Gasteiger partial charge in [-0.3, -0.25) is 4.99 Å². The number of benzene rings is 1. The minimum atomic E-state index is 0.701. The predicted octanol–water partition coefficient (Wildman–Crippen LogP) is 2.54. The number of guanidine groups is 1. The molecule has 5 nitrogen and oxygen atoms in total. The van der Waals surface area contributed by atoms with Gasteiger partial charge in [-0.1, -0.05) is 25.0 Å². The number of hydrogen-bond donors (Lipinski definition) is 2. The van der Waals surface area contributed by atoms with E-state index in [1.807, 2.05) is 7.05 Å². The minimum Gasteiger partial charge on any atom is -0.496 e. The second kappa shape index (κ2) is 10.2. The first-order chi connectivity index (χ1) is 11.7. The van der Waals surface area contributed by atoms with Crippen LogP contribution in [-0.2, 0) is 6.54 Å². The van der Waals surface area contributed by atoms with E-state index in [1.165, 1.54) is 44.3 Å². The zero-order chi connectivity index (χ0) is 17.2. The molecule has 1 saturated heterocycles. The number of ether oxygens (including phenoxy) is 1. The maximum absolute atomic E-state index is 5.46. The number of nitrogens with zero attached hydrogens (tertiary/aromatic N) is 2. The number of hydrogen-bond acceptors (Lipinski definition) is 3. The van der Waals surface area contributed by atoms with Crippen LogP contribution in [0.3, 0.4) is 0 Å². The molecular formula is C19H32N4O. The predicted molar refractivity (Wildman–Crippen MR) is 101 cm³/mol. The van der Waals surface area contributed by atoms with Gasteiger partial charge in [0.05, 0.1) is 7.11 Å². The van der Waals surface area contributed by atoms with Crippen molar-refractivity contribution in [2.24, 2.45) is 4.99 Å². The van der Waals surface area contributed by atoms with Gasteiger partial charge in [0, 0.05) is 32.2 Å². The van der Waals surface area contributed by atoms with Gasteiger partial charge in [0.2, 0.25) is 0 Å². The van der Waals surface area contributed by atoms with Gasteiger partial charge in [-0.25, -0.2) is 0 Å². The Morgan fingerprint density at radius 2 is 1.92 bits per heavy atom. The summed E-state index contributed by atoms with van der Waals surface area (Å²) in [4.78, 5) is 6.86. The van der Waals surface area contributed by atoms with Crippen LogP contribution in [-0.4, -0.2) is 51.2 Å². The second-order valence-electron chi connectivity index (χ2n) is 6.42. The number of rotatable bonds is 6. The third-order valence-corrected chi connectivity index (χ3v) is 4.53. The Morgan fingerprint density at radius 3 is 2.58 bits per heavy atom. The Bertz CT molecular complexity index is 522. The molecule has 2 N–H and O–H groups in total. The summed E-state index contributed by atoms with van der Waals surface area (Å²) in [7, 11) is 3.53. The third kappa shape index (κ3) is 6.04. The molecule has 0 amide bonds. The molecule has 1 fully saturated rings. The summed E-state index contributed by atoms with van der Waals surface area (Å²) in [6, 6.07) is 6.27. The van der Waals surface area contributed by atoms with Crippen molar-refractivity contribution in [3.63, 3.8) is 0 Å². The van der Waals surface area contributed by atoms with Gasteiger partial charge in [-0.2, -0.15) is 0 Å². The van der Waals surface area contributed by atoms with Crippen molar-refractivity contribution in [3.05, 3.63) is 29.3 Å². The van der Waals surface area contributed by atoms with Gasteiger partial charge >= 0.3 is 0 Å². The Labute approximate surface area is 146 Å². The van der Waals surface area contributed by atoms with Gasteiger partial charge in [0.25, 0.3) is 0 Å². The summed E-state index contributed by atoms with van der Waals surface area (Å²) in [6.45, 7) is 7.23. The van der Waals surface area contributed by atoms with E-state index < -0.39 is 0 Å². The lowest BCUT2D eigenvalue weighted by molar-refractivity contribution is 0.289. The Kier molecular flexibility index (Phi) is 7.89. The number of methoxy groups -OCH3 is 1. The molecule has 0 aliphatic carbocycles. The third-order valence-electron chi connectivity index (χ3n) is 4.53. The molecule has 0 atom stereocenters. The summed E-state index contributed by atoms with van der Waals surface area (Å²) in [5, 5.41) is 6.78. The highest BCUT2D eigenvalue weighted by molar-refractivity contribution is 5.79. The van der Waals surface area contributed by atoms with Gasteiger partial charge in [-0.05, 0) is 44.5 Å². The first-order valence-electron chi connectivity index (χ1n) is 9.03. The average molecular weight is 332 g/mol. The van der Waals surface area contributed by atoms with Crippen LogP contribution in [0.1, 0.15) is 36.8 Å². The summed E-state index contributed by atoms with van der Waals surface area (Å²) in [6.07, 6.45) is 5.43. The van der Waals surface area contributed by atoms with E-state index in [1.54, 1.807) is 7.11 Å². The minimum absolute atomic E-state index is 0.701. The van der Waals surface area contributed by atoms with Crippen molar-refractivity contribution in [2.75, 3.05) is 40.3 Å². The SMILES string of the molecule is CN=C(NCCN1CCCCCC1)NCc1ccc(C)cc1OC. The fourth-order valence-electron chi connectivity index (χ4n) is 3.09. The van der Waals surface area contributed by atoms with Crippen LogP contribution < -0.4 is 15.4 Å². The van der Waals surface area contributed by atoms with Gasteiger partial charge in [0.1, 0.15) is 5.75 Å². The van der Waals surface area contributed by atoms with E-state index >= 15 is 0 Å². The Balaban J connectivity index is 1.76. The van der Waals surface area contributed by atoms with Crippen molar-refractivity contribution < 1.29 is 4.74 Å². The molecule has 1 aliphatic rings. The van der Waals surface area contributed by atoms with E-state index in [0.29, 0.717) is 6.54 Å². The highest BCUT2D eigenvalue weighted by Gasteiger charge is 2.09. The monoisotopic (exact) mass is 332 g/mol. The summed E-state index contributed by atoms with van der Waals surface area (Å²) < 4.78 is 5.46. The molecule has 2 rings (SSSR count). The molecule has 1 heterocycles. The molecule has 0 saturated carbocycles. The van der Waals surface area contributed by atoms with Crippen LogP contribution in [0, 0.1) is 6.92 Å². The van der Waals surface area contributed by atoms with Crippen LogP contribution in [0.4, 0.5) is 0 Å². The molecule has 0 bridgehead atoms. The quantitative estimate of drug-likeness (QED) is 0.621. The normalized spacial score (nSPS) is 16.5. The number of likely N-dealkylation sites (tertiary alicyclic amines) is 1. The highest BCUT2D eigenvalue weighted by atomic mass is 16.5. The lowest BCUT2D eigenvalue weighted by Crippen LogP contribution is -2.41. The van der Waals surface area contributed by atoms with Crippen LogP contribution >= 0.6 is 0 Å². The summed E-state index contributed by atoms with van der Waals surface area (Å²) >= 11 is 0. The van der Waals surface area contributed by atoms with Gasteiger partial charge in [-0.15, -0.1) is 0 Å². The van der Waals surface area contributed by atoms with E-state index in [4.69, 9.17) is 4.74 Å². The maximum Gasteiger partial charge on any atom is 0.191 e. The van der Waals surface area contributed by atoms with E-state index in [2.05, 4.69) is 45.6 Å². The molecule has 134 valence electrons. The Hall–Kier alpha value is -1.75. The topological polar surface area (TPSA) is 48.9 Å². The number of aliphatic imine (C=N–C) groups is 1. The molecule has 0 spiro atoms. The summed E-state index contributed by atoms with van der Waals surface area (Å²) in [5.41, 5.74) is 2.34. The van der Waals surface area contributed by atoms with Crippen LogP contribution in [0.5, 0.6) is 5.75 Å². The van der Waals surface area contributed by atoms with E-state index in [0.717, 1.165) is 30.4 Å². The zero-order valence-electron chi connectivity index (χ0n) is 15.4. The fraction of sp³-hybridized carbons (Fsp3) is 0.632. The largest absolute Gasteiger partial charge is 0.496 e. The van der Waals surface area contributed by atoms with E-state index in [-0.39, 0.29) is 0 Å². The highest BCUT2D eigenvalue weighted by Crippen LogP contribution is 2.19. The lowest BCUT2D eigenvalue weighted by atomic mass is 10.1. The van der Waals surface area contributed by atoms with Crippen molar-refractivity contribution in [2.45, 2.75) is 39.2 Å². The van der Waals surface area contributed by atoms with Crippen molar-refractivity contribution >= 4 is 5.96 Å². The maximum atomic E-state index is 5.46. The Morgan fingerprint density at radius 1 is 1.17 bits per heavy atom. The van der Waals surface area contributed by atoms with Crippen LogP contribution in [0.15, 0.2) is 23.2 Å². The average Bonchev–Trinajstić information content (AvgIpc) is 2.87. The molecule has 0 aromatic heterocycles. The number of aryl methyl sites for hydroxylation is 1. The smallest absolute Gasteiger partial charge is 0.191 e. The van der Waals surface area contributed by atoms with Gasteiger partial charge < -0.3 is 20.3 Å². The van der Waals surface area contributed by atoms with Gasteiger partial charge in [0.15, 0.2) is 5.96 Å². The van der Waals surface area contributed by atoms with Crippen molar-refractivity contribution in [1.29, 1.82) is 0 Å². The van der Waals surface area contributed by atoms with E-state index in [9.17, 15) is 0 Å². The molecule has 1 aliphatic heterocycles. The van der Waals surface area contributed by atoms with Crippen molar-refractivity contribution in [3.8, 4) is 5.75 Å². The molecule has 1 aromatic rings. The molecule has 0 radical (unpaired) electrons. The van der Waals surface area contributed by atoms with Crippen molar-refractivity contribution in [1.82, 2.24) is 15.5 Å². The van der Waals surface area contributed by atoms with Crippen LogP contribution in [0.2, 0.25) is 0 Å². The first kappa shape index (κ1) is 18.6. The zero-order valence-corrected chi connectivity index (χ0v) is 15.4. The second-order valence-corrected chi connectivity index (χ2v) is 6.42. The lowest BCUT2D eigenvalue weighted by Gasteiger charge is -2.21. The molecule has 1 aromatic carbocycles.